The van der Waals surface area contributed by atoms with Gasteiger partial charge in [-0.1, -0.05) is 12.1 Å². The maximum atomic E-state index is 11.0. The number of hydrogen-bond donors (Lipinski definition) is 1. The molecule has 0 radical (unpaired) electrons. The van der Waals surface area contributed by atoms with Crippen LogP contribution in [0.25, 0.3) is 0 Å². The van der Waals surface area contributed by atoms with Gasteiger partial charge in [-0.15, -0.1) is 0 Å². The summed E-state index contributed by atoms with van der Waals surface area (Å²) in [6, 6.07) is 10.0. The maximum Gasteiger partial charge on any atom is 0.119 e. The Morgan fingerprint density at radius 3 is 2.75 bits per heavy atom. The van der Waals surface area contributed by atoms with Crippen molar-refractivity contribution in [2.24, 2.45) is 0 Å². The fourth-order valence-corrected chi connectivity index (χ4v) is 2.87. The second-order valence-corrected chi connectivity index (χ2v) is 5.53. The van der Waals surface area contributed by atoms with Gasteiger partial charge in [0.1, 0.15) is 5.75 Å². The average molecular weight is 269 g/mol. The van der Waals surface area contributed by atoms with Gasteiger partial charge in [0.2, 0.25) is 0 Å². The van der Waals surface area contributed by atoms with Crippen molar-refractivity contribution in [2.75, 3.05) is 7.11 Å². The highest BCUT2D eigenvalue weighted by molar-refractivity contribution is 5.40. The van der Waals surface area contributed by atoms with Gasteiger partial charge in [0.25, 0.3) is 0 Å². The first kappa shape index (κ1) is 13.1. The number of aromatic nitrogens is 1. The van der Waals surface area contributed by atoms with Crippen molar-refractivity contribution in [3.63, 3.8) is 0 Å². The highest BCUT2D eigenvalue weighted by Gasteiger charge is 2.34. The molecule has 1 aliphatic carbocycles. The maximum absolute atomic E-state index is 11.0. The number of rotatable bonds is 2. The molecule has 1 aromatic carbocycles. The molecule has 0 aliphatic heterocycles. The second kappa shape index (κ2) is 4.91. The molecule has 0 spiro atoms. The van der Waals surface area contributed by atoms with Gasteiger partial charge in [0.15, 0.2) is 0 Å². The summed E-state index contributed by atoms with van der Waals surface area (Å²) >= 11 is 0. The lowest BCUT2D eigenvalue weighted by Crippen LogP contribution is -2.33. The summed E-state index contributed by atoms with van der Waals surface area (Å²) < 4.78 is 5.28. The fourth-order valence-electron chi connectivity index (χ4n) is 2.87. The van der Waals surface area contributed by atoms with E-state index in [1.165, 1.54) is 11.1 Å². The largest absolute Gasteiger partial charge is 0.497 e. The molecule has 1 aliphatic rings. The van der Waals surface area contributed by atoms with E-state index in [-0.39, 0.29) is 0 Å². The van der Waals surface area contributed by atoms with E-state index in [0.717, 1.165) is 29.8 Å². The second-order valence-electron chi connectivity index (χ2n) is 5.53. The zero-order valence-electron chi connectivity index (χ0n) is 11.9. The van der Waals surface area contributed by atoms with E-state index in [1.54, 1.807) is 13.3 Å². The Balaban J connectivity index is 1.95. The van der Waals surface area contributed by atoms with Crippen molar-refractivity contribution in [3.8, 4) is 5.75 Å². The van der Waals surface area contributed by atoms with Gasteiger partial charge in [-0.05, 0) is 49.1 Å². The van der Waals surface area contributed by atoms with Crippen LogP contribution in [0.2, 0.25) is 0 Å². The molecule has 1 unspecified atom stereocenters. The van der Waals surface area contributed by atoms with Crippen LogP contribution in [0.3, 0.4) is 0 Å². The first-order chi connectivity index (χ1) is 9.60. The molecule has 1 N–H and O–H groups in total. The smallest absolute Gasteiger partial charge is 0.119 e. The third-order valence-electron chi connectivity index (χ3n) is 4.15. The minimum Gasteiger partial charge on any atom is -0.497 e. The third kappa shape index (κ3) is 2.29. The zero-order valence-corrected chi connectivity index (χ0v) is 11.9. The van der Waals surface area contributed by atoms with Crippen LogP contribution < -0.4 is 4.74 Å². The first-order valence-electron chi connectivity index (χ1n) is 6.92. The van der Waals surface area contributed by atoms with Gasteiger partial charge in [-0.25, -0.2) is 0 Å². The van der Waals surface area contributed by atoms with Crippen LogP contribution in [0.5, 0.6) is 5.75 Å². The summed E-state index contributed by atoms with van der Waals surface area (Å²) in [5.41, 5.74) is 3.51. The number of pyridine rings is 1. The van der Waals surface area contributed by atoms with Gasteiger partial charge < -0.3 is 9.84 Å². The average Bonchev–Trinajstić information content (AvgIpc) is 2.47. The van der Waals surface area contributed by atoms with Crippen LogP contribution in [0, 0.1) is 6.92 Å². The lowest BCUT2D eigenvalue weighted by Gasteiger charge is -2.34. The van der Waals surface area contributed by atoms with Crippen molar-refractivity contribution in [1.82, 2.24) is 4.98 Å². The van der Waals surface area contributed by atoms with E-state index in [4.69, 9.17) is 4.74 Å². The zero-order chi connectivity index (χ0) is 14.2. The number of fused-ring (bicyclic) bond motifs is 1. The molecular weight excluding hydrogens is 250 g/mol. The van der Waals surface area contributed by atoms with Gasteiger partial charge in [-0.3, -0.25) is 4.98 Å². The van der Waals surface area contributed by atoms with E-state index in [1.807, 2.05) is 31.2 Å². The molecule has 3 rings (SSSR count). The Hall–Kier alpha value is -1.87. The number of ether oxygens (including phenoxy) is 1. The van der Waals surface area contributed by atoms with Crippen LogP contribution in [-0.4, -0.2) is 17.2 Å². The monoisotopic (exact) mass is 269 g/mol. The molecule has 0 fully saturated rings. The van der Waals surface area contributed by atoms with Crippen LogP contribution in [0.15, 0.2) is 36.5 Å². The molecule has 104 valence electrons. The molecular formula is C17H19NO2. The summed E-state index contributed by atoms with van der Waals surface area (Å²) in [7, 11) is 1.67. The standard InChI is InChI=1S/C17H19NO2/c1-12-3-5-15(11-18-12)17(19)8-7-13-4-6-16(20-2)9-14(13)10-17/h3-6,9,11,19H,7-8,10H2,1-2H3. The Morgan fingerprint density at radius 2 is 2.05 bits per heavy atom. The molecule has 3 nitrogen and oxygen atoms in total. The minimum absolute atomic E-state index is 0.615. The Bertz CT molecular complexity index is 621. The van der Waals surface area contributed by atoms with Crippen LogP contribution >= 0.6 is 0 Å². The Morgan fingerprint density at radius 1 is 1.20 bits per heavy atom. The molecule has 1 atom stereocenters. The minimum atomic E-state index is -0.819. The van der Waals surface area contributed by atoms with Gasteiger partial charge in [0, 0.05) is 23.9 Å². The number of hydrogen-bond acceptors (Lipinski definition) is 3. The van der Waals surface area contributed by atoms with Crippen molar-refractivity contribution >= 4 is 0 Å². The fraction of sp³-hybridized carbons (Fsp3) is 0.353. The molecule has 1 heterocycles. The van der Waals surface area contributed by atoms with Gasteiger partial charge in [0.05, 0.1) is 12.7 Å². The quantitative estimate of drug-likeness (QED) is 0.911. The summed E-state index contributed by atoms with van der Waals surface area (Å²) in [6.45, 7) is 1.95. The van der Waals surface area contributed by atoms with Gasteiger partial charge in [-0.2, -0.15) is 0 Å². The van der Waals surface area contributed by atoms with Crippen molar-refractivity contribution < 1.29 is 9.84 Å². The summed E-state index contributed by atoms with van der Waals surface area (Å²) in [5.74, 6) is 0.843. The van der Waals surface area contributed by atoms with E-state index < -0.39 is 5.60 Å². The van der Waals surface area contributed by atoms with Crippen molar-refractivity contribution in [1.29, 1.82) is 0 Å². The Kier molecular flexibility index (Phi) is 3.22. The van der Waals surface area contributed by atoms with E-state index >= 15 is 0 Å². The van der Waals surface area contributed by atoms with Crippen LogP contribution in [-0.2, 0) is 18.4 Å². The number of aliphatic hydroxyl groups is 1. The molecule has 2 aromatic rings. The number of methoxy groups -OCH3 is 1. The summed E-state index contributed by atoms with van der Waals surface area (Å²) in [6.07, 6.45) is 4.02. The molecule has 1 aromatic heterocycles. The van der Waals surface area contributed by atoms with E-state index in [2.05, 4.69) is 11.1 Å². The van der Waals surface area contributed by atoms with Crippen molar-refractivity contribution in [2.45, 2.75) is 31.8 Å². The summed E-state index contributed by atoms with van der Waals surface area (Å²) in [5, 5.41) is 11.0. The number of nitrogens with zero attached hydrogens (tertiary/aromatic N) is 1. The molecule has 3 heteroatoms. The third-order valence-corrected chi connectivity index (χ3v) is 4.15. The van der Waals surface area contributed by atoms with Gasteiger partial charge >= 0.3 is 0 Å². The molecule has 0 saturated carbocycles. The number of benzene rings is 1. The topological polar surface area (TPSA) is 42.4 Å². The van der Waals surface area contributed by atoms with Crippen LogP contribution in [0.4, 0.5) is 0 Å². The number of aryl methyl sites for hydroxylation is 2. The lowest BCUT2D eigenvalue weighted by molar-refractivity contribution is 0.0218. The molecule has 0 saturated heterocycles. The predicted octanol–water partition coefficient (Wildman–Crippen LogP) is 2.78. The normalized spacial score (nSPS) is 21.4. The van der Waals surface area contributed by atoms with E-state index in [9.17, 15) is 5.11 Å². The highest BCUT2D eigenvalue weighted by Crippen LogP contribution is 2.37. The SMILES string of the molecule is COc1ccc2c(c1)CC(O)(c1ccc(C)nc1)CC2. The van der Waals surface area contributed by atoms with Crippen LogP contribution in [0.1, 0.15) is 28.8 Å². The molecule has 20 heavy (non-hydrogen) atoms. The Labute approximate surface area is 119 Å². The molecule has 0 bridgehead atoms. The molecule has 0 amide bonds. The van der Waals surface area contributed by atoms with E-state index in [0.29, 0.717) is 6.42 Å². The lowest BCUT2D eigenvalue weighted by atomic mass is 9.77. The summed E-state index contributed by atoms with van der Waals surface area (Å²) in [4.78, 5) is 4.30. The highest BCUT2D eigenvalue weighted by atomic mass is 16.5. The predicted molar refractivity (Wildman–Crippen MR) is 77.9 cm³/mol. The first-order valence-corrected chi connectivity index (χ1v) is 6.92. The van der Waals surface area contributed by atoms with Crippen molar-refractivity contribution in [3.05, 3.63) is 58.9 Å².